The minimum atomic E-state index is -3.83. The SMILES string of the molecule is N#CC(=Cc1ccc(-c2ccc(Cl)cc2)o1)C(=O)Nc1ccc(S(N)(=O)=O)cc1. The van der Waals surface area contributed by atoms with Crippen molar-refractivity contribution in [3.8, 4) is 17.4 Å². The van der Waals surface area contributed by atoms with Crippen LogP contribution >= 0.6 is 11.6 Å². The number of amides is 1. The van der Waals surface area contributed by atoms with Gasteiger partial charge >= 0.3 is 0 Å². The number of nitrogens with two attached hydrogens (primary N) is 1. The first-order valence-electron chi connectivity index (χ1n) is 8.18. The van der Waals surface area contributed by atoms with Gasteiger partial charge in [-0.05, 0) is 60.7 Å². The van der Waals surface area contributed by atoms with Gasteiger partial charge in [0.1, 0.15) is 23.2 Å². The Hall–Kier alpha value is -3.38. The maximum Gasteiger partial charge on any atom is 0.266 e. The minimum Gasteiger partial charge on any atom is -0.457 e. The van der Waals surface area contributed by atoms with Crippen molar-refractivity contribution in [1.82, 2.24) is 0 Å². The van der Waals surface area contributed by atoms with Gasteiger partial charge in [-0.2, -0.15) is 5.26 Å². The molecule has 0 spiro atoms. The molecule has 29 heavy (non-hydrogen) atoms. The lowest BCUT2D eigenvalue weighted by atomic mass is 10.2. The second-order valence-corrected chi connectivity index (χ2v) is 7.90. The minimum absolute atomic E-state index is 0.0862. The quantitative estimate of drug-likeness (QED) is 0.473. The third kappa shape index (κ3) is 5.12. The van der Waals surface area contributed by atoms with E-state index in [1.54, 1.807) is 36.4 Å². The van der Waals surface area contributed by atoms with Crippen LogP contribution in [0.15, 0.2) is 75.5 Å². The number of nitrogens with zero attached hydrogens (tertiary/aromatic N) is 1. The molecule has 0 bridgehead atoms. The zero-order valence-electron chi connectivity index (χ0n) is 14.8. The van der Waals surface area contributed by atoms with Crippen molar-refractivity contribution in [1.29, 1.82) is 5.26 Å². The lowest BCUT2D eigenvalue weighted by Gasteiger charge is -2.05. The van der Waals surface area contributed by atoms with Crippen LogP contribution in [0, 0.1) is 11.3 Å². The van der Waals surface area contributed by atoms with E-state index >= 15 is 0 Å². The van der Waals surface area contributed by atoms with E-state index in [0.717, 1.165) is 5.56 Å². The van der Waals surface area contributed by atoms with E-state index in [9.17, 15) is 18.5 Å². The van der Waals surface area contributed by atoms with E-state index in [-0.39, 0.29) is 10.5 Å². The number of halogens is 1. The summed E-state index contributed by atoms with van der Waals surface area (Å²) >= 11 is 5.87. The van der Waals surface area contributed by atoms with E-state index in [2.05, 4.69) is 5.32 Å². The van der Waals surface area contributed by atoms with Gasteiger partial charge in [0, 0.05) is 22.3 Å². The maximum absolute atomic E-state index is 12.3. The van der Waals surface area contributed by atoms with Crippen LogP contribution in [-0.2, 0) is 14.8 Å². The first kappa shape index (κ1) is 20.4. The molecule has 1 heterocycles. The topological polar surface area (TPSA) is 126 Å². The number of hydrogen-bond acceptors (Lipinski definition) is 5. The maximum atomic E-state index is 12.3. The molecule has 0 aliphatic heterocycles. The predicted molar refractivity (Wildman–Crippen MR) is 109 cm³/mol. The molecular weight excluding hydrogens is 414 g/mol. The standard InChI is InChI=1S/C20H14ClN3O4S/c21-15-3-1-13(2-4-15)19-10-7-17(28-19)11-14(12-22)20(25)24-16-5-8-18(9-6-16)29(23,26)27/h1-11H,(H,24,25)(H2,23,26,27). The number of sulfonamides is 1. The van der Waals surface area contributed by atoms with Gasteiger partial charge in [0.25, 0.3) is 5.91 Å². The summed E-state index contributed by atoms with van der Waals surface area (Å²) < 4.78 is 28.2. The summed E-state index contributed by atoms with van der Waals surface area (Å²) in [6.07, 6.45) is 1.31. The van der Waals surface area contributed by atoms with E-state index < -0.39 is 15.9 Å². The smallest absolute Gasteiger partial charge is 0.266 e. The lowest BCUT2D eigenvalue weighted by molar-refractivity contribution is -0.112. The first-order valence-corrected chi connectivity index (χ1v) is 10.1. The molecule has 0 saturated heterocycles. The number of anilines is 1. The summed E-state index contributed by atoms with van der Waals surface area (Å²) in [7, 11) is -3.83. The van der Waals surface area contributed by atoms with Crippen LogP contribution < -0.4 is 10.5 Å². The number of primary sulfonamides is 1. The van der Waals surface area contributed by atoms with Gasteiger partial charge in [-0.25, -0.2) is 13.6 Å². The van der Waals surface area contributed by atoms with Gasteiger partial charge in [0.2, 0.25) is 10.0 Å². The third-order valence-corrected chi connectivity index (χ3v) is 5.03. The van der Waals surface area contributed by atoms with Crippen LogP contribution in [-0.4, -0.2) is 14.3 Å². The van der Waals surface area contributed by atoms with Crippen LogP contribution in [0.25, 0.3) is 17.4 Å². The van der Waals surface area contributed by atoms with Crippen LogP contribution in [0.1, 0.15) is 5.76 Å². The van der Waals surface area contributed by atoms with Crippen LogP contribution in [0.5, 0.6) is 0 Å². The Labute approximate surface area is 172 Å². The van der Waals surface area contributed by atoms with Crippen molar-refractivity contribution >= 4 is 39.3 Å². The van der Waals surface area contributed by atoms with Crippen LogP contribution in [0.3, 0.4) is 0 Å². The zero-order chi connectivity index (χ0) is 21.0. The second kappa shape index (κ2) is 8.32. The number of carbonyl (C=O) groups excluding carboxylic acids is 1. The average Bonchev–Trinajstić information content (AvgIpc) is 3.15. The number of furan rings is 1. The fourth-order valence-corrected chi connectivity index (χ4v) is 3.06. The number of carbonyl (C=O) groups is 1. The number of hydrogen-bond donors (Lipinski definition) is 2. The Balaban J connectivity index is 1.77. The van der Waals surface area contributed by atoms with Gasteiger partial charge in [0.15, 0.2) is 0 Å². The fourth-order valence-electron chi connectivity index (χ4n) is 2.42. The summed E-state index contributed by atoms with van der Waals surface area (Å²) in [5.41, 5.74) is 0.925. The molecule has 3 rings (SSSR count). The van der Waals surface area contributed by atoms with Gasteiger partial charge in [-0.1, -0.05) is 11.6 Å². The van der Waals surface area contributed by atoms with Crippen LogP contribution in [0.4, 0.5) is 5.69 Å². The molecule has 0 atom stereocenters. The normalized spacial score (nSPS) is 11.7. The van der Waals surface area contributed by atoms with Crippen molar-refractivity contribution in [3.05, 3.63) is 77.0 Å². The average molecular weight is 428 g/mol. The Morgan fingerprint density at radius 1 is 1.07 bits per heavy atom. The van der Waals surface area contributed by atoms with E-state index in [4.69, 9.17) is 21.2 Å². The Morgan fingerprint density at radius 2 is 1.72 bits per heavy atom. The Bertz CT molecular complexity index is 1220. The number of nitrogens with one attached hydrogen (secondary N) is 1. The van der Waals surface area contributed by atoms with E-state index in [0.29, 0.717) is 22.2 Å². The molecule has 0 unspecified atom stereocenters. The highest BCUT2D eigenvalue weighted by atomic mass is 35.5. The van der Waals surface area contributed by atoms with Crippen molar-refractivity contribution in [3.63, 3.8) is 0 Å². The summed E-state index contributed by atoms with van der Waals surface area (Å²) in [6, 6.07) is 17.5. The zero-order valence-corrected chi connectivity index (χ0v) is 16.4. The molecule has 2 aromatic carbocycles. The first-order chi connectivity index (χ1) is 13.8. The highest BCUT2D eigenvalue weighted by molar-refractivity contribution is 7.89. The van der Waals surface area contributed by atoms with Crippen molar-refractivity contribution in [2.75, 3.05) is 5.32 Å². The molecule has 1 amide bonds. The second-order valence-electron chi connectivity index (χ2n) is 5.90. The molecule has 146 valence electrons. The summed E-state index contributed by atoms with van der Waals surface area (Å²) in [6.45, 7) is 0. The number of nitriles is 1. The Kier molecular flexibility index (Phi) is 5.84. The molecule has 1 aromatic heterocycles. The van der Waals surface area contributed by atoms with Crippen molar-refractivity contribution in [2.45, 2.75) is 4.90 Å². The number of rotatable bonds is 5. The molecule has 0 aliphatic rings. The summed E-state index contributed by atoms with van der Waals surface area (Å²) in [5.74, 6) is 0.218. The molecule has 0 fully saturated rings. The molecule has 3 N–H and O–H groups in total. The highest BCUT2D eigenvalue weighted by Gasteiger charge is 2.13. The molecule has 3 aromatic rings. The molecule has 9 heteroatoms. The summed E-state index contributed by atoms with van der Waals surface area (Å²) in [4.78, 5) is 12.3. The monoisotopic (exact) mass is 427 g/mol. The van der Waals surface area contributed by atoms with Gasteiger partial charge in [-0.3, -0.25) is 4.79 Å². The van der Waals surface area contributed by atoms with Gasteiger partial charge < -0.3 is 9.73 Å². The van der Waals surface area contributed by atoms with Gasteiger partial charge in [-0.15, -0.1) is 0 Å². The van der Waals surface area contributed by atoms with Crippen LogP contribution in [0.2, 0.25) is 5.02 Å². The molecular formula is C20H14ClN3O4S. The van der Waals surface area contributed by atoms with Gasteiger partial charge in [0.05, 0.1) is 4.90 Å². The molecule has 7 nitrogen and oxygen atoms in total. The molecule has 0 aliphatic carbocycles. The summed E-state index contributed by atoms with van der Waals surface area (Å²) in [5, 5.41) is 17.5. The molecule has 0 radical (unpaired) electrons. The van der Waals surface area contributed by atoms with E-state index in [1.165, 1.54) is 30.3 Å². The highest BCUT2D eigenvalue weighted by Crippen LogP contribution is 2.25. The predicted octanol–water partition coefficient (Wildman–Crippen LogP) is 3.79. The Morgan fingerprint density at radius 3 is 2.31 bits per heavy atom. The van der Waals surface area contributed by atoms with Crippen molar-refractivity contribution in [2.24, 2.45) is 5.14 Å². The molecule has 0 saturated carbocycles. The largest absolute Gasteiger partial charge is 0.457 e. The number of benzene rings is 2. The van der Waals surface area contributed by atoms with Crippen molar-refractivity contribution < 1.29 is 17.6 Å². The van der Waals surface area contributed by atoms with E-state index in [1.807, 2.05) is 6.07 Å². The lowest BCUT2D eigenvalue weighted by Crippen LogP contribution is -2.14. The fraction of sp³-hybridized carbons (Fsp3) is 0. The third-order valence-electron chi connectivity index (χ3n) is 3.85.